The Balaban J connectivity index is 2.52. The number of aliphatic hydroxyl groups is 1. The van der Waals surface area contributed by atoms with Crippen LogP contribution in [0.15, 0.2) is 24.3 Å². The summed E-state index contributed by atoms with van der Waals surface area (Å²) in [6.07, 6.45) is 6.16. The number of benzene rings is 1. The zero-order valence-electron chi connectivity index (χ0n) is 13.3. The molecule has 1 atom stereocenters. The van der Waals surface area contributed by atoms with E-state index < -0.39 is 0 Å². The van der Waals surface area contributed by atoms with Crippen molar-refractivity contribution in [3.05, 3.63) is 29.8 Å². The molecule has 1 rings (SSSR count). The Morgan fingerprint density at radius 1 is 1.10 bits per heavy atom. The van der Waals surface area contributed by atoms with E-state index in [1.807, 2.05) is 19.1 Å². The Bertz CT molecular complexity index is 356. The summed E-state index contributed by atoms with van der Waals surface area (Å²) in [5.74, 6) is 1.60. The molecule has 0 radical (unpaired) electrons. The summed E-state index contributed by atoms with van der Waals surface area (Å²) in [4.78, 5) is 0. The van der Waals surface area contributed by atoms with Gasteiger partial charge in [0.15, 0.2) is 0 Å². The van der Waals surface area contributed by atoms with Crippen molar-refractivity contribution in [1.29, 1.82) is 0 Å². The molecule has 20 heavy (non-hydrogen) atoms. The van der Waals surface area contributed by atoms with Crippen LogP contribution in [0.1, 0.15) is 58.4 Å². The second kappa shape index (κ2) is 9.82. The van der Waals surface area contributed by atoms with Crippen LogP contribution in [0.5, 0.6) is 5.75 Å². The third kappa shape index (κ3) is 6.42. The van der Waals surface area contributed by atoms with Crippen molar-refractivity contribution in [3.8, 4) is 5.75 Å². The van der Waals surface area contributed by atoms with Crippen molar-refractivity contribution in [3.63, 3.8) is 0 Å². The summed E-state index contributed by atoms with van der Waals surface area (Å²) in [6, 6.07) is 8.15. The van der Waals surface area contributed by atoms with E-state index >= 15 is 0 Å². The molecule has 0 amide bonds. The van der Waals surface area contributed by atoms with Gasteiger partial charge in [0.05, 0.1) is 12.7 Å². The van der Waals surface area contributed by atoms with Crippen LogP contribution >= 0.6 is 0 Å². The van der Waals surface area contributed by atoms with Crippen molar-refractivity contribution in [2.75, 3.05) is 6.61 Å². The fourth-order valence-electron chi connectivity index (χ4n) is 2.52. The molecule has 2 heteroatoms. The fourth-order valence-corrected chi connectivity index (χ4v) is 2.52. The van der Waals surface area contributed by atoms with Gasteiger partial charge < -0.3 is 9.84 Å². The molecule has 0 aliphatic carbocycles. The van der Waals surface area contributed by atoms with E-state index in [1.165, 1.54) is 25.7 Å². The lowest BCUT2D eigenvalue weighted by Crippen LogP contribution is -2.12. The Labute approximate surface area is 124 Å². The summed E-state index contributed by atoms with van der Waals surface area (Å²) in [5.41, 5.74) is 1.15. The molecule has 0 aromatic heterocycles. The monoisotopic (exact) mass is 278 g/mol. The topological polar surface area (TPSA) is 29.5 Å². The van der Waals surface area contributed by atoms with Gasteiger partial charge in [-0.2, -0.15) is 0 Å². The summed E-state index contributed by atoms with van der Waals surface area (Å²) in [7, 11) is 0. The van der Waals surface area contributed by atoms with Gasteiger partial charge in [0.1, 0.15) is 5.75 Å². The molecule has 0 unspecified atom stereocenters. The van der Waals surface area contributed by atoms with E-state index in [4.69, 9.17) is 4.74 Å². The Morgan fingerprint density at radius 3 is 2.40 bits per heavy atom. The van der Waals surface area contributed by atoms with E-state index in [1.54, 1.807) is 0 Å². The molecular weight excluding hydrogens is 248 g/mol. The van der Waals surface area contributed by atoms with E-state index in [0.29, 0.717) is 12.3 Å². The van der Waals surface area contributed by atoms with Gasteiger partial charge in [-0.15, -0.1) is 0 Å². The van der Waals surface area contributed by atoms with Crippen LogP contribution in [0.4, 0.5) is 0 Å². The summed E-state index contributed by atoms with van der Waals surface area (Å²) < 4.78 is 5.95. The highest BCUT2D eigenvalue weighted by atomic mass is 16.5. The predicted octanol–water partition coefficient (Wildman–Crippen LogP) is 4.60. The molecule has 0 saturated carbocycles. The molecule has 0 aliphatic rings. The summed E-state index contributed by atoms with van der Waals surface area (Å²) >= 11 is 0. The van der Waals surface area contributed by atoms with E-state index in [0.717, 1.165) is 24.3 Å². The van der Waals surface area contributed by atoms with E-state index in [2.05, 4.69) is 26.0 Å². The number of ether oxygens (including phenoxy) is 1. The predicted molar refractivity (Wildman–Crippen MR) is 85.2 cm³/mol. The fraction of sp³-hybridized carbons (Fsp3) is 0.667. The normalized spacial score (nSPS) is 12.7. The van der Waals surface area contributed by atoms with Crippen LogP contribution in [0.2, 0.25) is 0 Å². The Kier molecular flexibility index (Phi) is 8.36. The highest BCUT2D eigenvalue weighted by molar-refractivity contribution is 5.28. The van der Waals surface area contributed by atoms with Crippen molar-refractivity contribution >= 4 is 0 Å². The lowest BCUT2D eigenvalue weighted by Gasteiger charge is -2.17. The van der Waals surface area contributed by atoms with Crippen LogP contribution in [0.3, 0.4) is 0 Å². The van der Waals surface area contributed by atoms with Gasteiger partial charge in [0.25, 0.3) is 0 Å². The first-order chi connectivity index (χ1) is 9.69. The van der Waals surface area contributed by atoms with Gasteiger partial charge in [-0.1, -0.05) is 45.7 Å². The number of hydrogen-bond acceptors (Lipinski definition) is 2. The second-order valence-corrected chi connectivity index (χ2v) is 5.67. The SMILES string of the molecule is CCCC(CCC)COc1cccc(C[C@@H](O)CC)c1. The van der Waals surface area contributed by atoms with Crippen LogP contribution in [0.25, 0.3) is 0 Å². The van der Waals surface area contributed by atoms with Crippen molar-refractivity contribution in [1.82, 2.24) is 0 Å². The minimum Gasteiger partial charge on any atom is -0.493 e. The second-order valence-electron chi connectivity index (χ2n) is 5.67. The minimum atomic E-state index is -0.252. The Hall–Kier alpha value is -1.02. The van der Waals surface area contributed by atoms with E-state index in [-0.39, 0.29) is 6.10 Å². The highest BCUT2D eigenvalue weighted by Crippen LogP contribution is 2.19. The molecule has 0 fully saturated rings. The number of rotatable bonds is 10. The molecule has 2 nitrogen and oxygen atoms in total. The number of hydrogen-bond donors (Lipinski definition) is 1. The molecule has 0 bridgehead atoms. The molecule has 114 valence electrons. The largest absolute Gasteiger partial charge is 0.493 e. The van der Waals surface area contributed by atoms with Gasteiger partial charge in [0, 0.05) is 0 Å². The maximum Gasteiger partial charge on any atom is 0.119 e. The van der Waals surface area contributed by atoms with Crippen LogP contribution < -0.4 is 4.74 Å². The summed E-state index contributed by atoms with van der Waals surface area (Å²) in [6.45, 7) is 7.28. The van der Waals surface area contributed by atoms with Gasteiger partial charge in [-0.25, -0.2) is 0 Å². The van der Waals surface area contributed by atoms with Crippen LogP contribution in [-0.2, 0) is 6.42 Å². The standard InChI is InChI=1S/C18H30O2/c1-4-8-15(9-5-2)14-20-18-11-7-10-16(13-18)12-17(19)6-3/h7,10-11,13,15,17,19H,4-6,8-9,12,14H2,1-3H3/t17-/m0/s1. The van der Waals surface area contributed by atoms with Gasteiger partial charge in [0.2, 0.25) is 0 Å². The quantitative estimate of drug-likeness (QED) is 0.678. The zero-order chi connectivity index (χ0) is 14.8. The average Bonchev–Trinajstić information content (AvgIpc) is 2.45. The molecule has 0 aliphatic heterocycles. The molecule has 0 saturated heterocycles. The molecule has 0 spiro atoms. The molecule has 1 N–H and O–H groups in total. The molecular formula is C18H30O2. The molecule has 1 aromatic carbocycles. The van der Waals surface area contributed by atoms with Crippen molar-refractivity contribution < 1.29 is 9.84 Å². The third-order valence-electron chi connectivity index (χ3n) is 3.72. The van der Waals surface area contributed by atoms with Gasteiger partial charge in [-0.05, 0) is 49.3 Å². The maximum absolute atomic E-state index is 9.72. The Morgan fingerprint density at radius 2 is 1.80 bits per heavy atom. The first-order valence-corrected chi connectivity index (χ1v) is 8.09. The number of aliphatic hydroxyl groups excluding tert-OH is 1. The van der Waals surface area contributed by atoms with Gasteiger partial charge in [-0.3, -0.25) is 0 Å². The summed E-state index contributed by atoms with van der Waals surface area (Å²) in [5, 5.41) is 9.72. The lowest BCUT2D eigenvalue weighted by molar-refractivity contribution is 0.170. The average molecular weight is 278 g/mol. The first-order valence-electron chi connectivity index (χ1n) is 8.09. The van der Waals surface area contributed by atoms with Crippen molar-refractivity contribution in [2.24, 2.45) is 5.92 Å². The maximum atomic E-state index is 9.72. The highest BCUT2D eigenvalue weighted by Gasteiger charge is 2.08. The van der Waals surface area contributed by atoms with Crippen molar-refractivity contribution in [2.45, 2.75) is 65.4 Å². The molecule has 1 aromatic rings. The minimum absolute atomic E-state index is 0.252. The van der Waals surface area contributed by atoms with Crippen LogP contribution in [-0.4, -0.2) is 17.8 Å². The van der Waals surface area contributed by atoms with Crippen LogP contribution in [0, 0.1) is 5.92 Å². The molecule has 0 heterocycles. The lowest BCUT2D eigenvalue weighted by atomic mass is 9.99. The zero-order valence-corrected chi connectivity index (χ0v) is 13.3. The first kappa shape index (κ1) is 17.0. The third-order valence-corrected chi connectivity index (χ3v) is 3.72. The van der Waals surface area contributed by atoms with Gasteiger partial charge >= 0.3 is 0 Å². The van der Waals surface area contributed by atoms with E-state index in [9.17, 15) is 5.11 Å². The smallest absolute Gasteiger partial charge is 0.119 e.